The standard InChI is InChI=1S/C9H14BrNO2S2.ClH/c1-2-15(12,13)4-3-11-6-8-5-9(10)14-7-8;/h5,7,11H,2-4,6H2,1H3;1H. The summed E-state index contributed by atoms with van der Waals surface area (Å²) in [5.41, 5.74) is 1.18. The molecule has 0 atom stereocenters. The molecule has 1 rings (SSSR count). The molecule has 0 aliphatic rings. The normalized spacial score (nSPS) is 11.1. The minimum atomic E-state index is -2.84. The average molecular weight is 349 g/mol. The smallest absolute Gasteiger partial charge is 0.151 e. The molecule has 0 saturated heterocycles. The van der Waals surface area contributed by atoms with E-state index in [-0.39, 0.29) is 23.9 Å². The molecule has 1 aromatic rings. The maximum absolute atomic E-state index is 11.2. The van der Waals surface area contributed by atoms with Crippen LogP contribution in [0.15, 0.2) is 15.2 Å². The summed E-state index contributed by atoms with van der Waals surface area (Å²) in [6, 6.07) is 2.03. The topological polar surface area (TPSA) is 46.2 Å². The Hall–Kier alpha value is 0.380. The lowest BCUT2D eigenvalue weighted by molar-refractivity contribution is 0.592. The molecule has 0 radical (unpaired) electrons. The van der Waals surface area contributed by atoms with E-state index < -0.39 is 9.84 Å². The molecule has 1 N–H and O–H groups in total. The van der Waals surface area contributed by atoms with Crippen molar-refractivity contribution in [2.75, 3.05) is 18.1 Å². The van der Waals surface area contributed by atoms with Crippen LogP contribution in [0.3, 0.4) is 0 Å². The molecule has 0 amide bonds. The third-order valence-electron chi connectivity index (χ3n) is 1.98. The summed E-state index contributed by atoms with van der Waals surface area (Å²) >= 11 is 5.01. The van der Waals surface area contributed by atoms with Crippen molar-refractivity contribution in [3.8, 4) is 0 Å². The fraction of sp³-hybridized carbons (Fsp3) is 0.556. The molecule has 0 aliphatic heterocycles. The maximum atomic E-state index is 11.2. The van der Waals surface area contributed by atoms with Gasteiger partial charge < -0.3 is 5.32 Å². The van der Waals surface area contributed by atoms with Crippen molar-refractivity contribution in [1.29, 1.82) is 0 Å². The Labute approximate surface area is 115 Å². The summed E-state index contributed by atoms with van der Waals surface area (Å²) in [6.45, 7) is 2.91. The van der Waals surface area contributed by atoms with Gasteiger partial charge >= 0.3 is 0 Å². The predicted octanol–water partition coefficient (Wildman–Crippen LogP) is 2.46. The van der Waals surface area contributed by atoms with Crippen molar-refractivity contribution in [3.05, 3.63) is 20.8 Å². The van der Waals surface area contributed by atoms with Crippen molar-refractivity contribution in [2.24, 2.45) is 0 Å². The number of thiophene rings is 1. The van der Waals surface area contributed by atoms with Crippen LogP contribution in [0.5, 0.6) is 0 Å². The van der Waals surface area contributed by atoms with E-state index in [1.54, 1.807) is 18.3 Å². The molecule has 0 aromatic carbocycles. The largest absolute Gasteiger partial charge is 0.312 e. The lowest BCUT2D eigenvalue weighted by Gasteiger charge is -2.02. The Morgan fingerprint density at radius 1 is 1.50 bits per heavy atom. The van der Waals surface area contributed by atoms with Crippen LogP contribution in [-0.2, 0) is 16.4 Å². The van der Waals surface area contributed by atoms with Crippen molar-refractivity contribution in [1.82, 2.24) is 5.32 Å². The number of hydrogen-bond donors (Lipinski definition) is 1. The SMILES string of the molecule is CCS(=O)(=O)CCNCc1csc(Br)c1.Cl. The van der Waals surface area contributed by atoms with Gasteiger partial charge in [-0.15, -0.1) is 23.7 Å². The van der Waals surface area contributed by atoms with Crippen LogP contribution in [0.2, 0.25) is 0 Å². The second kappa shape index (κ2) is 7.66. The molecule has 3 nitrogen and oxygen atoms in total. The summed E-state index contributed by atoms with van der Waals surface area (Å²) in [5.74, 6) is 0.438. The van der Waals surface area contributed by atoms with Gasteiger partial charge in [0.2, 0.25) is 0 Å². The summed E-state index contributed by atoms with van der Waals surface area (Å²) in [6.07, 6.45) is 0. The monoisotopic (exact) mass is 347 g/mol. The van der Waals surface area contributed by atoms with E-state index in [1.165, 1.54) is 5.56 Å². The van der Waals surface area contributed by atoms with E-state index in [2.05, 4.69) is 21.2 Å². The molecule has 1 aromatic heterocycles. The second-order valence-corrected chi connectivity index (χ2v) is 7.94. The molecule has 0 aliphatic carbocycles. The highest BCUT2D eigenvalue weighted by molar-refractivity contribution is 9.11. The van der Waals surface area contributed by atoms with Crippen LogP contribution in [-0.4, -0.2) is 26.5 Å². The van der Waals surface area contributed by atoms with Gasteiger partial charge in [0.05, 0.1) is 9.54 Å². The number of nitrogens with one attached hydrogen (secondary N) is 1. The zero-order valence-corrected chi connectivity index (χ0v) is 12.9. The number of sulfone groups is 1. The summed E-state index contributed by atoms with van der Waals surface area (Å²) in [7, 11) is -2.84. The van der Waals surface area contributed by atoms with Gasteiger partial charge in [-0.25, -0.2) is 8.42 Å². The molecule has 16 heavy (non-hydrogen) atoms. The minimum Gasteiger partial charge on any atom is -0.312 e. The molecule has 0 spiro atoms. The van der Waals surface area contributed by atoms with Crippen LogP contribution in [0, 0.1) is 0 Å². The highest BCUT2D eigenvalue weighted by Gasteiger charge is 2.06. The summed E-state index contributed by atoms with van der Waals surface area (Å²) in [5, 5.41) is 5.16. The van der Waals surface area contributed by atoms with Crippen LogP contribution in [0.25, 0.3) is 0 Å². The molecule has 0 saturated carbocycles. The Balaban J connectivity index is 0.00000225. The van der Waals surface area contributed by atoms with Crippen LogP contribution in [0.1, 0.15) is 12.5 Å². The van der Waals surface area contributed by atoms with E-state index in [1.807, 2.05) is 11.4 Å². The van der Waals surface area contributed by atoms with E-state index in [4.69, 9.17) is 0 Å². The fourth-order valence-corrected chi connectivity index (χ4v) is 3.00. The molecule has 0 fully saturated rings. The predicted molar refractivity (Wildman–Crippen MR) is 75.3 cm³/mol. The lowest BCUT2D eigenvalue weighted by Crippen LogP contribution is -2.23. The van der Waals surface area contributed by atoms with Gasteiger partial charge in [0.1, 0.15) is 0 Å². The van der Waals surface area contributed by atoms with Gasteiger partial charge in [-0.3, -0.25) is 0 Å². The summed E-state index contributed by atoms with van der Waals surface area (Å²) < 4.78 is 23.4. The van der Waals surface area contributed by atoms with E-state index in [0.717, 1.165) is 10.3 Å². The molecule has 7 heteroatoms. The first-order chi connectivity index (χ1) is 7.03. The van der Waals surface area contributed by atoms with Gasteiger partial charge in [-0.1, -0.05) is 6.92 Å². The number of halogens is 2. The number of rotatable bonds is 6. The van der Waals surface area contributed by atoms with Gasteiger partial charge in [0.25, 0.3) is 0 Å². The van der Waals surface area contributed by atoms with E-state index in [9.17, 15) is 8.42 Å². The highest BCUT2D eigenvalue weighted by Crippen LogP contribution is 2.20. The van der Waals surface area contributed by atoms with E-state index in [0.29, 0.717) is 6.54 Å². The highest BCUT2D eigenvalue weighted by atomic mass is 79.9. The van der Waals surface area contributed by atoms with Gasteiger partial charge in [-0.05, 0) is 32.9 Å². The number of hydrogen-bond acceptors (Lipinski definition) is 4. The molecule has 0 bridgehead atoms. The minimum absolute atomic E-state index is 0. The lowest BCUT2D eigenvalue weighted by atomic mass is 10.3. The molecule has 1 heterocycles. The maximum Gasteiger partial charge on any atom is 0.151 e. The second-order valence-electron chi connectivity index (χ2n) is 3.17. The molecule has 0 unspecified atom stereocenters. The van der Waals surface area contributed by atoms with E-state index >= 15 is 0 Å². The summed E-state index contributed by atoms with van der Waals surface area (Å²) in [4.78, 5) is 0. The van der Waals surface area contributed by atoms with Crippen LogP contribution in [0.4, 0.5) is 0 Å². The average Bonchev–Trinajstić information content (AvgIpc) is 2.59. The first kappa shape index (κ1) is 16.4. The zero-order chi connectivity index (χ0) is 11.3. The Morgan fingerprint density at radius 2 is 2.19 bits per heavy atom. The van der Waals surface area contributed by atoms with Gasteiger partial charge in [0, 0.05) is 18.8 Å². The van der Waals surface area contributed by atoms with Crippen molar-refractivity contribution < 1.29 is 8.42 Å². The van der Waals surface area contributed by atoms with Crippen molar-refractivity contribution >= 4 is 49.5 Å². The first-order valence-electron chi connectivity index (χ1n) is 4.67. The first-order valence-corrected chi connectivity index (χ1v) is 8.17. The zero-order valence-electron chi connectivity index (χ0n) is 8.90. The molecular formula is C9H15BrClNO2S2. The molecule has 94 valence electrons. The quantitative estimate of drug-likeness (QED) is 0.803. The van der Waals surface area contributed by atoms with Gasteiger partial charge in [-0.2, -0.15) is 0 Å². The Morgan fingerprint density at radius 3 is 2.69 bits per heavy atom. The van der Waals surface area contributed by atoms with Crippen molar-refractivity contribution in [2.45, 2.75) is 13.5 Å². The molecular weight excluding hydrogens is 334 g/mol. The fourth-order valence-electron chi connectivity index (χ4n) is 1.04. The third-order valence-corrected chi connectivity index (χ3v) is 5.24. The third kappa shape index (κ3) is 6.20. The Bertz CT molecular complexity index is 405. The van der Waals surface area contributed by atoms with Crippen molar-refractivity contribution in [3.63, 3.8) is 0 Å². The van der Waals surface area contributed by atoms with Crippen LogP contribution < -0.4 is 5.32 Å². The van der Waals surface area contributed by atoms with Crippen LogP contribution >= 0.6 is 39.7 Å². The Kier molecular flexibility index (Phi) is 7.84. The van der Waals surface area contributed by atoms with Gasteiger partial charge in [0.15, 0.2) is 9.84 Å².